The SMILES string of the molecule is COCCCC(NC(=O)Nc1ccn(C)n1)C(=O)O. The van der Waals surface area contributed by atoms with E-state index in [-0.39, 0.29) is 0 Å². The van der Waals surface area contributed by atoms with Crippen LogP contribution in [0.1, 0.15) is 12.8 Å². The molecule has 106 valence electrons. The molecule has 8 nitrogen and oxygen atoms in total. The largest absolute Gasteiger partial charge is 0.480 e. The van der Waals surface area contributed by atoms with Crippen LogP contribution in [0.15, 0.2) is 12.3 Å². The van der Waals surface area contributed by atoms with Gasteiger partial charge in [0, 0.05) is 33.0 Å². The number of hydrogen-bond donors (Lipinski definition) is 3. The Bertz CT molecular complexity index is 432. The molecule has 1 unspecified atom stereocenters. The normalized spacial score (nSPS) is 11.9. The van der Waals surface area contributed by atoms with Crippen molar-refractivity contribution in [2.45, 2.75) is 18.9 Å². The number of carboxylic acid groups (broad SMARTS) is 1. The van der Waals surface area contributed by atoms with Crippen molar-refractivity contribution in [1.29, 1.82) is 0 Å². The van der Waals surface area contributed by atoms with Gasteiger partial charge in [0.25, 0.3) is 0 Å². The summed E-state index contributed by atoms with van der Waals surface area (Å²) in [5, 5.41) is 17.8. The molecule has 0 aromatic carbocycles. The van der Waals surface area contributed by atoms with E-state index in [2.05, 4.69) is 15.7 Å². The number of hydrogen-bond acceptors (Lipinski definition) is 4. The quantitative estimate of drug-likeness (QED) is 0.623. The van der Waals surface area contributed by atoms with Crippen molar-refractivity contribution in [2.24, 2.45) is 7.05 Å². The molecule has 0 aliphatic heterocycles. The average Bonchev–Trinajstić information content (AvgIpc) is 2.73. The van der Waals surface area contributed by atoms with Crippen LogP contribution in [0.2, 0.25) is 0 Å². The highest BCUT2D eigenvalue weighted by molar-refractivity contribution is 5.91. The zero-order valence-electron chi connectivity index (χ0n) is 10.9. The van der Waals surface area contributed by atoms with E-state index >= 15 is 0 Å². The Labute approximate surface area is 110 Å². The zero-order chi connectivity index (χ0) is 14.3. The summed E-state index contributed by atoms with van der Waals surface area (Å²) < 4.78 is 6.37. The van der Waals surface area contributed by atoms with Crippen LogP contribution in [-0.2, 0) is 16.6 Å². The number of methoxy groups -OCH3 is 1. The number of carbonyl (C=O) groups is 2. The van der Waals surface area contributed by atoms with E-state index in [0.717, 1.165) is 0 Å². The molecular formula is C11H18N4O4. The Morgan fingerprint density at radius 1 is 1.58 bits per heavy atom. The van der Waals surface area contributed by atoms with E-state index in [4.69, 9.17) is 9.84 Å². The minimum Gasteiger partial charge on any atom is -0.480 e. The second-order valence-corrected chi connectivity index (χ2v) is 4.00. The number of rotatable bonds is 7. The average molecular weight is 270 g/mol. The molecule has 8 heteroatoms. The lowest BCUT2D eigenvalue weighted by Crippen LogP contribution is -2.43. The summed E-state index contributed by atoms with van der Waals surface area (Å²) in [6.07, 6.45) is 2.53. The summed E-state index contributed by atoms with van der Waals surface area (Å²) >= 11 is 0. The molecule has 0 fully saturated rings. The van der Waals surface area contributed by atoms with Crippen molar-refractivity contribution < 1.29 is 19.4 Å². The molecule has 0 saturated heterocycles. The summed E-state index contributed by atoms with van der Waals surface area (Å²) in [6, 6.07) is 0.0719. The molecular weight excluding hydrogens is 252 g/mol. The van der Waals surface area contributed by atoms with Gasteiger partial charge in [-0.3, -0.25) is 10.00 Å². The predicted molar refractivity (Wildman–Crippen MR) is 67.9 cm³/mol. The Hall–Kier alpha value is -2.09. The van der Waals surface area contributed by atoms with Gasteiger partial charge in [0.15, 0.2) is 5.82 Å². The van der Waals surface area contributed by atoms with Gasteiger partial charge in [0.2, 0.25) is 0 Å². The van der Waals surface area contributed by atoms with Crippen molar-refractivity contribution in [1.82, 2.24) is 15.1 Å². The van der Waals surface area contributed by atoms with Crippen LogP contribution >= 0.6 is 0 Å². The summed E-state index contributed by atoms with van der Waals surface area (Å²) in [7, 11) is 3.25. The Morgan fingerprint density at radius 2 is 2.32 bits per heavy atom. The van der Waals surface area contributed by atoms with Gasteiger partial charge in [-0.25, -0.2) is 9.59 Å². The molecule has 19 heavy (non-hydrogen) atoms. The van der Waals surface area contributed by atoms with E-state index < -0.39 is 18.0 Å². The lowest BCUT2D eigenvalue weighted by molar-refractivity contribution is -0.139. The molecule has 2 amide bonds. The van der Waals surface area contributed by atoms with E-state index in [1.165, 1.54) is 11.8 Å². The number of anilines is 1. The third kappa shape index (κ3) is 5.38. The number of nitrogens with zero attached hydrogens (tertiary/aromatic N) is 2. The second-order valence-electron chi connectivity index (χ2n) is 4.00. The van der Waals surface area contributed by atoms with E-state index in [1.807, 2.05) is 0 Å². The third-order valence-corrected chi connectivity index (χ3v) is 2.40. The summed E-state index contributed by atoms with van der Waals surface area (Å²) in [4.78, 5) is 22.6. The van der Waals surface area contributed by atoms with Crippen LogP contribution in [-0.4, -0.2) is 46.6 Å². The molecule has 1 atom stereocenters. The molecule has 1 aromatic rings. The molecule has 0 bridgehead atoms. The summed E-state index contributed by atoms with van der Waals surface area (Å²) in [5.74, 6) is -0.715. The molecule has 0 saturated carbocycles. The number of aromatic nitrogens is 2. The number of amides is 2. The van der Waals surface area contributed by atoms with Crippen LogP contribution in [0.4, 0.5) is 10.6 Å². The van der Waals surface area contributed by atoms with Crippen molar-refractivity contribution in [3.63, 3.8) is 0 Å². The molecule has 0 spiro atoms. The predicted octanol–water partition coefficient (Wildman–Crippen LogP) is 0.421. The van der Waals surface area contributed by atoms with Crippen LogP contribution in [0, 0.1) is 0 Å². The maximum Gasteiger partial charge on any atom is 0.326 e. The monoisotopic (exact) mass is 270 g/mol. The first-order valence-corrected chi connectivity index (χ1v) is 5.82. The van der Waals surface area contributed by atoms with E-state index in [9.17, 15) is 9.59 Å². The number of carboxylic acids is 1. The van der Waals surface area contributed by atoms with Crippen molar-refractivity contribution in [3.05, 3.63) is 12.3 Å². The zero-order valence-corrected chi connectivity index (χ0v) is 10.9. The standard InChI is InChI=1S/C11H18N4O4/c1-15-6-5-9(14-15)13-11(18)12-8(10(16)17)4-3-7-19-2/h5-6,8H,3-4,7H2,1-2H3,(H,16,17)(H2,12,13,14,18). The molecule has 3 N–H and O–H groups in total. The van der Waals surface area contributed by atoms with Gasteiger partial charge < -0.3 is 15.2 Å². The van der Waals surface area contributed by atoms with Crippen LogP contribution < -0.4 is 10.6 Å². The van der Waals surface area contributed by atoms with Crippen LogP contribution in [0.25, 0.3) is 0 Å². The maximum absolute atomic E-state index is 11.6. The number of aliphatic carboxylic acids is 1. The minimum atomic E-state index is -1.08. The van der Waals surface area contributed by atoms with Crippen molar-refractivity contribution in [2.75, 3.05) is 19.0 Å². The van der Waals surface area contributed by atoms with Gasteiger partial charge in [-0.1, -0.05) is 0 Å². The fourth-order valence-electron chi connectivity index (χ4n) is 1.48. The summed E-state index contributed by atoms with van der Waals surface area (Å²) in [6.45, 7) is 0.452. The highest BCUT2D eigenvalue weighted by atomic mass is 16.5. The number of nitrogens with one attached hydrogen (secondary N) is 2. The van der Waals surface area contributed by atoms with Crippen molar-refractivity contribution >= 4 is 17.8 Å². The van der Waals surface area contributed by atoms with Gasteiger partial charge in [-0.15, -0.1) is 0 Å². The molecule has 1 rings (SSSR count). The first-order valence-electron chi connectivity index (χ1n) is 5.82. The Kier molecular flexibility index (Phi) is 5.80. The topological polar surface area (TPSA) is 105 Å². The number of urea groups is 1. The highest BCUT2D eigenvalue weighted by Crippen LogP contribution is 2.02. The Balaban J connectivity index is 2.44. The van der Waals surface area contributed by atoms with Gasteiger partial charge in [0.1, 0.15) is 6.04 Å². The van der Waals surface area contributed by atoms with Gasteiger partial charge in [0.05, 0.1) is 0 Å². The van der Waals surface area contributed by atoms with E-state index in [1.54, 1.807) is 19.3 Å². The lowest BCUT2D eigenvalue weighted by atomic mass is 10.1. The lowest BCUT2D eigenvalue weighted by Gasteiger charge is -2.14. The number of ether oxygens (including phenoxy) is 1. The number of carbonyl (C=O) groups excluding carboxylic acids is 1. The maximum atomic E-state index is 11.6. The molecule has 1 heterocycles. The third-order valence-electron chi connectivity index (χ3n) is 2.40. The van der Waals surface area contributed by atoms with Crippen LogP contribution in [0.5, 0.6) is 0 Å². The van der Waals surface area contributed by atoms with Gasteiger partial charge in [-0.2, -0.15) is 5.10 Å². The smallest absolute Gasteiger partial charge is 0.326 e. The fourth-order valence-corrected chi connectivity index (χ4v) is 1.48. The molecule has 0 radical (unpaired) electrons. The van der Waals surface area contributed by atoms with Gasteiger partial charge in [-0.05, 0) is 12.8 Å². The molecule has 0 aliphatic carbocycles. The summed E-state index contributed by atoms with van der Waals surface area (Å²) in [5.41, 5.74) is 0. The highest BCUT2D eigenvalue weighted by Gasteiger charge is 2.19. The van der Waals surface area contributed by atoms with E-state index in [0.29, 0.717) is 25.3 Å². The van der Waals surface area contributed by atoms with Crippen molar-refractivity contribution in [3.8, 4) is 0 Å². The molecule has 0 aliphatic rings. The molecule has 1 aromatic heterocycles. The van der Waals surface area contributed by atoms with Gasteiger partial charge >= 0.3 is 12.0 Å². The first-order chi connectivity index (χ1) is 9.02. The number of aryl methyl sites for hydroxylation is 1. The second kappa shape index (κ2) is 7.37. The minimum absolute atomic E-state index is 0.304. The first kappa shape index (κ1) is 15.0. The fraction of sp³-hybridized carbons (Fsp3) is 0.545. The Morgan fingerprint density at radius 3 is 2.84 bits per heavy atom. The van der Waals surface area contributed by atoms with Crippen LogP contribution in [0.3, 0.4) is 0 Å².